The highest BCUT2D eigenvalue weighted by Crippen LogP contribution is 2.56. The number of likely N-dealkylation sites (tertiary alicyclic amines) is 1. The summed E-state index contributed by atoms with van der Waals surface area (Å²) in [7, 11) is 0. The van der Waals surface area contributed by atoms with E-state index in [0.717, 1.165) is 17.8 Å². The lowest BCUT2D eigenvalue weighted by molar-refractivity contribution is -0.151. The average Bonchev–Trinajstić information content (AvgIpc) is 3.58. The summed E-state index contributed by atoms with van der Waals surface area (Å²) in [5.74, 6) is 0.0650. The van der Waals surface area contributed by atoms with Crippen molar-refractivity contribution in [2.24, 2.45) is 0 Å². The topological polar surface area (TPSA) is 32.8 Å². The molecule has 182 valence electrons. The Morgan fingerprint density at radius 3 is 2.22 bits per heavy atom. The highest BCUT2D eigenvalue weighted by atomic mass is 32.1. The maximum Gasteiger partial charge on any atom is 0.176 e. The summed E-state index contributed by atoms with van der Waals surface area (Å²) >= 11 is 1.71. The van der Waals surface area contributed by atoms with Gasteiger partial charge in [0.05, 0.1) is 17.6 Å². The molecule has 0 radical (unpaired) electrons. The Hall–Kier alpha value is -3.25. The summed E-state index contributed by atoms with van der Waals surface area (Å²) < 4.78 is 0. The van der Waals surface area contributed by atoms with Gasteiger partial charge >= 0.3 is 0 Å². The van der Waals surface area contributed by atoms with Gasteiger partial charge in [-0.05, 0) is 41.6 Å². The fourth-order valence-corrected chi connectivity index (χ4v) is 6.79. The number of benzene rings is 3. The Kier molecular flexibility index (Phi) is 6.22. The largest absolute Gasteiger partial charge is 0.296 e. The number of ketones is 1. The summed E-state index contributed by atoms with van der Waals surface area (Å²) in [4.78, 5) is 24.6. The van der Waals surface area contributed by atoms with Crippen molar-refractivity contribution in [3.8, 4) is 0 Å². The summed E-state index contributed by atoms with van der Waals surface area (Å²) in [6, 6.07) is 35.6. The number of Topliss-reactive ketones (excluding diaryl/α,β-unsaturated/α-hetero) is 1. The predicted molar refractivity (Wildman–Crippen MR) is 145 cm³/mol. The third-order valence-electron chi connectivity index (χ3n) is 7.70. The van der Waals surface area contributed by atoms with Crippen molar-refractivity contribution in [2.75, 3.05) is 18.2 Å². The first kappa shape index (κ1) is 23.2. The van der Waals surface area contributed by atoms with Crippen LogP contribution in [0.15, 0.2) is 109 Å². The van der Waals surface area contributed by atoms with Gasteiger partial charge in [-0.25, -0.2) is 5.06 Å². The molecule has 2 fully saturated rings. The number of piperidine rings is 1. The fraction of sp³-hybridized carbons (Fsp3) is 0.258. The second-order valence-corrected chi connectivity index (χ2v) is 10.7. The number of hydrogen-bond donors (Lipinski definition) is 0. The van der Waals surface area contributed by atoms with Crippen LogP contribution in [0.4, 0.5) is 5.69 Å². The van der Waals surface area contributed by atoms with Crippen LogP contribution in [0.2, 0.25) is 0 Å². The zero-order valence-corrected chi connectivity index (χ0v) is 21.2. The Bertz CT molecular complexity index is 1300. The molecule has 1 spiro atoms. The molecule has 1 aromatic heterocycles. The van der Waals surface area contributed by atoms with Gasteiger partial charge in [-0.2, -0.15) is 0 Å². The van der Waals surface area contributed by atoms with Crippen molar-refractivity contribution in [3.05, 3.63) is 125 Å². The van der Waals surface area contributed by atoms with E-state index in [1.807, 2.05) is 35.4 Å². The number of anilines is 1. The number of carbonyl (C=O) groups is 1. The highest BCUT2D eigenvalue weighted by molar-refractivity contribution is 7.10. The molecule has 0 bridgehead atoms. The van der Waals surface area contributed by atoms with Gasteiger partial charge in [-0.1, -0.05) is 84.9 Å². The minimum Gasteiger partial charge on any atom is -0.296 e. The van der Waals surface area contributed by atoms with E-state index < -0.39 is 5.60 Å². The van der Waals surface area contributed by atoms with Crippen LogP contribution in [0.1, 0.15) is 47.4 Å². The minimum atomic E-state index is -0.970. The minimum absolute atomic E-state index is 0.122. The van der Waals surface area contributed by atoms with E-state index in [1.54, 1.807) is 11.3 Å². The van der Waals surface area contributed by atoms with Gasteiger partial charge in [0, 0.05) is 30.4 Å². The SMILES string of the molecule is C[C@H](c1ccccc1)N1CCC(=O)[C@@]2(C1)ON(c1ccccc1)[C@H](c1ccccc1)[C@@H]2c1cccs1. The van der Waals surface area contributed by atoms with E-state index in [0.29, 0.717) is 13.0 Å². The fourth-order valence-electron chi connectivity index (χ4n) is 5.85. The van der Waals surface area contributed by atoms with Crippen LogP contribution in [0.25, 0.3) is 0 Å². The number of rotatable bonds is 5. The van der Waals surface area contributed by atoms with E-state index in [1.165, 1.54) is 10.4 Å². The molecule has 6 rings (SSSR count). The number of para-hydroxylation sites is 1. The molecule has 2 aliphatic rings. The van der Waals surface area contributed by atoms with Gasteiger partial charge in [-0.15, -0.1) is 11.3 Å². The molecular formula is C31H30N2O2S. The number of hydroxylamine groups is 1. The first-order valence-corrected chi connectivity index (χ1v) is 13.5. The molecule has 0 saturated carbocycles. The smallest absolute Gasteiger partial charge is 0.176 e. The molecule has 2 saturated heterocycles. The summed E-state index contributed by atoms with van der Waals surface area (Å²) in [6.07, 6.45) is 0.475. The molecule has 4 nitrogen and oxygen atoms in total. The number of nitrogens with zero attached hydrogens (tertiary/aromatic N) is 2. The molecule has 3 heterocycles. The zero-order valence-electron chi connectivity index (χ0n) is 20.4. The van der Waals surface area contributed by atoms with Crippen LogP contribution in [0.5, 0.6) is 0 Å². The van der Waals surface area contributed by atoms with Gasteiger partial charge in [0.25, 0.3) is 0 Å². The lowest BCUT2D eigenvalue weighted by Crippen LogP contribution is -2.57. The number of thiophene rings is 1. The molecule has 2 aliphatic heterocycles. The van der Waals surface area contributed by atoms with E-state index in [4.69, 9.17) is 4.84 Å². The lowest BCUT2D eigenvalue weighted by Gasteiger charge is -2.43. The molecule has 0 N–H and O–H groups in total. The van der Waals surface area contributed by atoms with Gasteiger partial charge < -0.3 is 0 Å². The summed E-state index contributed by atoms with van der Waals surface area (Å²) in [6.45, 7) is 3.52. The zero-order chi connectivity index (χ0) is 24.5. The molecule has 5 heteroatoms. The van der Waals surface area contributed by atoms with E-state index >= 15 is 0 Å². The average molecular weight is 495 g/mol. The second kappa shape index (κ2) is 9.66. The molecule has 4 aromatic rings. The Balaban J connectivity index is 1.48. The van der Waals surface area contributed by atoms with Gasteiger partial charge in [-0.3, -0.25) is 14.5 Å². The normalized spacial score (nSPS) is 25.4. The Morgan fingerprint density at radius 2 is 1.56 bits per heavy atom. The number of carbonyl (C=O) groups excluding carboxylic acids is 1. The Labute approximate surface area is 216 Å². The maximum atomic E-state index is 14.0. The summed E-state index contributed by atoms with van der Waals surface area (Å²) in [5, 5.41) is 4.11. The van der Waals surface area contributed by atoms with Crippen molar-refractivity contribution >= 4 is 22.8 Å². The van der Waals surface area contributed by atoms with E-state index in [2.05, 4.69) is 90.0 Å². The van der Waals surface area contributed by atoms with Crippen molar-refractivity contribution in [3.63, 3.8) is 0 Å². The maximum absolute atomic E-state index is 14.0. The molecule has 0 amide bonds. The van der Waals surface area contributed by atoms with Gasteiger partial charge in [0.1, 0.15) is 0 Å². The molecule has 4 atom stereocenters. The van der Waals surface area contributed by atoms with E-state index in [9.17, 15) is 4.79 Å². The standard InChI is InChI=1S/C31H30N2O2S/c1-23(24-12-5-2-6-13-24)32-20-19-28(34)31(22-32)29(27-18-11-21-36-27)30(25-14-7-3-8-15-25)33(35-31)26-16-9-4-10-17-26/h2-18,21,23,29-30H,19-20,22H2,1H3/t23-,29+,30-,31-/m1/s1. The molecule has 3 aromatic carbocycles. The van der Waals surface area contributed by atoms with Gasteiger partial charge in [0.2, 0.25) is 0 Å². The van der Waals surface area contributed by atoms with Crippen LogP contribution in [-0.2, 0) is 9.63 Å². The van der Waals surface area contributed by atoms with Crippen LogP contribution in [-0.4, -0.2) is 29.4 Å². The second-order valence-electron chi connectivity index (χ2n) is 9.72. The highest BCUT2D eigenvalue weighted by Gasteiger charge is 2.62. The summed E-state index contributed by atoms with van der Waals surface area (Å²) in [5.41, 5.74) is 2.40. The van der Waals surface area contributed by atoms with Gasteiger partial charge in [0.15, 0.2) is 11.4 Å². The monoisotopic (exact) mass is 494 g/mol. The Morgan fingerprint density at radius 1 is 0.889 bits per heavy atom. The third-order valence-corrected chi connectivity index (χ3v) is 8.65. The third kappa shape index (κ3) is 3.97. The molecule has 0 unspecified atom stereocenters. The van der Waals surface area contributed by atoms with Crippen molar-refractivity contribution in [1.29, 1.82) is 0 Å². The molecule has 0 aliphatic carbocycles. The molecular weight excluding hydrogens is 464 g/mol. The lowest BCUT2D eigenvalue weighted by atomic mass is 9.74. The van der Waals surface area contributed by atoms with E-state index in [-0.39, 0.29) is 23.8 Å². The van der Waals surface area contributed by atoms with Crippen LogP contribution in [0.3, 0.4) is 0 Å². The van der Waals surface area contributed by atoms with Crippen LogP contribution in [0, 0.1) is 0 Å². The first-order chi connectivity index (χ1) is 17.7. The predicted octanol–water partition coefficient (Wildman–Crippen LogP) is 6.80. The van der Waals surface area contributed by atoms with Crippen molar-refractivity contribution in [1.82, 2.24) is 4.90 Å². The molecule has 36 heavy (non-hydrogen) atoms. The van der Waals surface area contributed by atoms with Crippen LogP contribution < -0.4 is 5.06 Å². The number of hydrogen-bond acceptors (Lipinski definition) is 5. The first-order valence-electron chi connectivity index (χ1n) is 12.6. The van der Waals surface area contributed by atoms with Crippen molar-refractivity contribution in [2.45, 2.75) is 36.9 Å². The van der Waals surface area contributed by atoms with Crippen molar-refractivity contribution < 1.29 is 9.63 Å². The van der Waals surface area contributed by atoms with Crippen LogP contribution >= 0.6 is 11.3 Å². The quantitative estimate of drug-likeness (QED) is 0.305.